The number of nitrogens with one attached hydrogen (secondary N) is 1. The molecule has 1 aromatic carbocycles. The van der Waals surface area contributed by atoms with E-state index < -0.39 is 0 Å². The quantitative estimate of drug-likeness (QED) is 0.665. The maximum absolute atomic E-state index is 11.7. The Labute approximate surface area is 109 Å². The normalized spacial score (nSPS) is 10.7. The summed E-state index contributed by atoms with van der Waals surface area (Å²) >= 11 is 9.13. The minimum Gasteiger partial charge on any atom is -0.352 e. The molecule has 0 radical (unpaired) electrons. The van der Waals surface area contributed by atoms with E-state index >= 15 is 0 Å². The Morgan fingerprint density at radius 3 is 2.94 bits per heavy atom. The van der Waals surface area contributed by atoms with Crippen molar-refractivity contribution >= 4 is 33.4 Å². The predicted molar refractivity (Wildman–Crippen MR) is 70.9 cm³/mol. The van der Waals surface area contributed by atoms with Crippen molar-refractivity contribution in [2.45, 2.75) is 13.3 Å². The van der Waals surface area contributed by atoms with Crippen LogP contribution in [0, 0.1) is 0 Å². The molecular formula is C12H13BrClNO. The largest absolute Gasteiger partial charge is 0.352 e. The van der Waals surface area contributed by atoms with E-state index in [0.717, 1.165) is 10.9 Å². The molecule has 0 atom stereocenters. The maximum atomic E-state index is 11.7. The molecule has 0 aliphatic heterocycles. The smallest absolute Gasteiger partial charge is 0.251 e. The zero-order chi connectivity index (χ0) is 12.0. The van der Waals surface area contributed by atoms with Gasteiger partial charge in [0.05, 0.1) is 5.02 Å². The van der Waals surface area contributed by atoms with Gasteiger partial charge < -0.3 is 5.32 Å². The molecule has 86 valence electrons. The number of amides is 1. The molecular weight excluding hydrogens is 289 g/mol. The summed E-state index contributed by atoms with van der Waals surface area (Å²) in [5.74, 6) is -0.0816. The van der Waals surface area contributed by atoms with Gasteiger partial charge in [0.25, 0.3) is 5.91 Å². The number of carbonyl (C=O) groups excluding carboxylic acids is 1. The summed E-state index contributed by atoms with van der Waals surface area (Å²) in [4.78, 5) is 11.7. The van der Waals surface area contributed by atoms with Crippen molar-refractivity contribution in [3.8, 4) is 0 Å². The number of hydrogen-bond donors (Lipinski definition) is 1. The van der Waals surface area contributed by atoms with E-state index in [1.165, 1.54) is 0 Å². The second kappa shape index (κ2) is 6.71. The first-order chi connectivity index (χ1) is 7.65. The Balaban J connectivity index is 2.56. The summed E-state index contributed by atoms with van der Waals surface area (Å²) in [7, 11) is 0. The second-order valence-electron chi connectivity index (χ2n) is 3.24. The van der Waals surface area contributed by atoms with Crippen LogP contribution in [0.5, 0.6) is 0 Å². The van der Waals surface area contributed by atoms with Crippen molar-refractivity contribution in [2.75, 3.05) is 6.54 Å². The first-order valence-corrected chi connectivity index (χ1v) is 6.16. The van der Waals surface area contributed by atoms with Gasteiger partial charge in [-0.3, -0.25) is 4.79 Å². The van der Waals surface area contributed by atoms with Gasteiger partial charge >= 0.3 is 0 Å². The van der Waals surface area contributed by atoms with E-state index in [1.807, 2.05) is 19.1 Å². The Hall–Kier alpha value is -0.800. The van der Waals surface area contributed by atoms with Crippen molar-refractivity contribution in [3.05, 3.63) is 45.4 Å². The molecule has 1 aromatic rings. The summed E-state index contributed by atoms with van der Waals surface area (Å²) < 4.78 is 0.732. The summed E-state index contributed by atoms with van der Waals surface area (Å²) in [6.45, 7) is 2.60. The second-order valence-corrected chi connectivity index (χ2v) is 4.50. The van der Waals surface area contributed by atoms with Crippen LogP contribution >= 0.6 is 27.5 Å². The van der Waals surface area contributed by atoms with Crippen LogP contribution in [-0.4, -0.2) is 12.5 Å². The number of hydrogen-bond acceptors (Lipinski definition) is 1. The number of benzene rings is 1. The minimum absolute atomic E-state index is 0.0816. The van der Waals surface area contributed by atoms with Crippen molar-refractivity contribution < 1.29 is 4.79 Å². The van der Waals surface area contributed by atoms with Gasteiger partial charge in [0.1, 0.15) is 0 Å². The number of carbonyl (C=O) groups is 1. The van der Waals surface area contributed by atoms with Crippen molar-refractivity contribution in [3.63, 3.8) is 0 Å². The topological polar surface area (TPSA) is 29.1 Å². The van der Waals surface area contributed by atoms with Crippen LogP contribution in [0.25, 0.3) is 0 Å². The number of rotatable bonds is 4. The molecule has 4 heteroatoms. The van der Waals surface area contributed by atoms with Crippen molar-refractivity contribution in [2.24, 2.45) is 0 Å². The summed E-state index contributed by atoms with van der Waals surface area (Å²) in [6, 6.07) is 5.12. The molecule has 0 unspecified atom stereocenters. The van der Waals surface area contributed by atoms with Gasteiger partial charge in [0.15, 0.2) is 0 Å². The zero-order valence-electron chi connectivity index (χ0n) is 8.97. The van der Waals surface area contributed by atoms with E-state index in [9.17, 15) is 4.79 Å². The fourth-order valence-electron chi connectivity index (χ4n) is 1.18. The number of allylic oxidation sites excluding steroid dienone is 1. The van der Waals surface area contributed by atoms with E-state index in [-0.39, 0.29) is 5.91 Å². The van der Waals surface area contributed by atoms with Gasteiger partial charge in [-0.25, -0.2) is 0 Å². The molecule has 0 saturated heterocycles. The van der Waals surface area contributed by atoms with Gasteiger partial charge in [-0.15, -0.1) is 0 Å². The van der Waals surface area contributed by atoms with Crippen LogP contribution in [0.1, 0.15) is 23.7 Å². The van der Waals surface area contributed by atoms with Crippen LogP contribution < -0.4 is 5.32 Å². The Bertz CT molecular complexity index is 404. The van der Waals surface area contributed by atoms with Crippen LogP contribution in [0.2, 0.25) is 5.02 Å². The molecule has 0 fully saturated rings. The average molecular weight is 303 g/mol. The molecule has 0 bridgehead atoms. The van der Waals surface area contributed by atoms with Crippen LogP contribution in [0.15, 0.2) is 34.8 Å². The Kier molecular flexibility index (Phi) is 5.56. The highest BCUT2D eigenvalue weighted by Crippen LogP contribution is 2.23. The molecule has 2 nitrogen and oxygen atoms in total. The molecule has 0 spiro atoms. The lowest BCUT2D eigenvalue weighted by Crippen LogP contribution is -2.24. The third-order valence-electron chi connectivity index (χ3n) is 2.01. The lowest BCUT2D eigenvalue weighted by Gasteiger charge is -2.04. The van der Waals surface area contributed by atoms with E-state index in [0.29, 0.717) is 17.1 Å². The monoisotopic (exact) mass is 301 g/mol. The standard InChI is InChI=1S/C12H13BrClNO/c1-2-3-4-7-15-12(16)9-5-6-11(14)10(13)8-9/h2-3,5-6,8H,4,7H2,1H3,(H,15,16)/b3-2+. The van der Waals surface area contributed by atoms with Crippen molar-refractivity contribution in [1.82, 2.24) is 5.32 Å². The van der Waals surface area contributed by atoms with Gasteiger partial charge in [0.2, 0.25) is 0 Å². The van der Waals surface area contributed by atoms with Gasteiger partial charge in [-0.1, -0.05) is 23.8 Å². The summed E-state index contributed by atoms with van der Waals surface area (Å²) in [6.07, 6.45) is 4.82. The van der Waals surface area contributed by atoms with Gasteiger partial charge in [-0.2, -0.15) is 0 Å². The molecule has 1 amide bonds. The van der Waals surface area contributed by atoms with E-state index in [4.69, 9.17) is 11.6 Å². The Morgan fingerprint density at radius 1 is 1.56 bits per heavy atom. The number of halogens is 2. The minimum atomic E-state index is -0.0816. The predicted octanol–water partition coefficient (Wildman–Crippen LogP) is 3.80. The highest BCUT2D eigenvalue weighted by atomic mass is 79.9. The Morgan fingerprint density at radius 2 is 2.31 bits per heavy atom. The molecule has 16 heavy (non-hydrogen) atoms. The van der Waals surface area contributed by atoms with Gasteiger partial charge in [-0.05, 0) is 47.5 Å². The summed E-state index contributed by atoms with van der Waals surface area (Å²) in [5, 5.41) is 3.43. The fraction of sp³-hybridized carbons (Fsp3) is 0.250. The molecule has 1 rings (SSSR count). The molecule has 1 N–H and O–H groups in total. The van der Waals surface area contributed by atoms with E-state index in [1.54, 1.807) is 18.2 Å². The first-order valence-electron chi connectivity index (χ1n) is 4.99. The van der Waals surface area contributed by atoms with E-state index in [2.05, 4.69) is 21.2 Å². The molecule has 0 aliphatic rings. The van der Waals surface area contributed by atoms with Crippen molar-refractivity contribution in [1.29, 1.82) is 0 Å². The lowest BCUT2D eigenvalue weighted by molar-refractivity contribution is 0.0954. The molecule has 0 heterocycles. The zero-order valence-corrected chi connectivity index (χ0v) is 11.3. The highest BCUT2D eigenvalue weighted by Gasteiger charge is 2.06. The average Bonchev–Trinajstić information content (AvgIpc) is 2.28. The maximum Gasteiger partial charge on any atom is 0.251 e. The van der Waals surface area contributed by atoms with Crippen LogP contribution in [-0.2, 0) is 0 Å². The van der Waals surface area contributed by atoms with Gasteiger partial charge in [0, 0.05) is 16.6 Å². The fourth-order valence-corrected chi connectivity index (χ4v) is 1.67. The highest BCUT2D eigenvalue weighted by molar-refractivity contribution is 9.10. The molecule has 0 aliphatic carbocycles. The SMILES string of the molecule is C/C=C/CCNC(=O)c1ccc(Cl)c(Br)c1. The molecule has 0 saturated carbocycles. The summed E-state index contributed by atoms with van der Waals surface area (Å²) in [5.41, 5.74) is 0.608. The van der Waals surface area contributed by atoms with Crippen LogP contribution in [0.3, 0.4) is 0 Å². The van der Waals surface area contributed by atoms with Crippen LogP contribution in [0.4, 0.5) is 0 Å². The molecule has 0 aromatic heterocycles. The lowest BCUT2D eigenvalue weighted by atomic mass is 10.2. The first kappa shape index (κ1) is 13.3. The third kappa shape index (κ3) is 3.99. The third-order valence-corrected chi connectivity index (χ3v) is 3.23.